The molecule has 0 N–H and O–H groups in total. The van der Waals surface area contributed by atoms with Gasteiger partial charge in [0.25, 0.3) is 0 Å². The maximum atomic E-state index is 11.8. The highest BCUT2D eigenvalue weighted by atomic mass is 32.2. The molecule has 2 aliphatic rings. The van der Waals surface area contributed by atoms with Gasteiger partial charge in [-0.1, -0.05) is 6.58 Å². The van der Waals surface area contributed by atoms with Gasteiger partial charge in [0.05, 0.1) is 12.3 Å². The summed E-state index contributed by atoms with van der Waals surface area (Å²) < 4.78 is 22.5. The van der Waals surface area contributed by atoms with Crippen LogP contribution in [0.15, 0.2) is 12.0 Å². The molecule has 0 aromatic heterocycles. The number of carbonyl (C=O) groups is 1. The Morgan fingerprint density at radius 1 is 1.35 bits per heavy atom. The van der Waals surface area contributed by atoms with E-state index in [1.54, 1.807) is 0 Å². The van der Waals surface area contributed by atoms with Crippen LogP contribution in [0.2, 0.25) is 0 Å². The lowest BCUT2D eigenvalue weighted by molar-refractivity contribution is -0.136. The fraction of sp³-hybridized carbons (Fsp3) is 0.727. The Labute approximate surface area is 102 Å². The summed E-state index contributed by atoms with van der Waals surface area (Å²) >= 11 is 0. The molecule has 0 spiro atoms. The maximum Gasteiger partial charge on any atom is 0.237 e. The average Bonchev–Trinajstić information content (AvgIpc) is 3.11. The Morgan fingerprint density at radius 2 is 2.06 bits per heavy atom. The van der Waals surface area contributed by atoms with Gasteiger partial charge in [0, 0.05) is 31.1 Å². The predicted octanol–water partition coefficient (Wildman–Crippen LogP) is -0.149. The Morgan fingerprint density at radius 3 is 2.59 bits per heavy atom. The maximum absolute atomic E-state index is 11.8. The summed E-state index contributed by atoms with van der Waals surface area (Å²) in [6.07, 6.45) is 2.24. The van der Waals surface area contributed by atoms with Crippen molar-refractivity contribution in [2.24, 2.45) is 0 Å². The van der Waals surface area contributed by atoms with Crippen LogP contribution in [0.3, 0.4) is 0 Å². The minimum absolute atomic E-state index is 0.0488. The van der Waals surface area contributed by atoms with E-state index in [9.17, 15) is 13.2 Å². The van der Waals surface area contributed by atoms with Crippen LogP contribution in [0, 0.1) is 0 Å². The number of rotatable bonds is 5. The summed E-state index contributed by atoms with van der Waals surface area (Å²) in [5.41, 5.74) is 0. The number of amides is 1. The number of hydrogen-bond acceptors (Lipinski definition) is 4. The zero-order chi connectivity index (χ0) is 12.5. The zero-order valence-corrected chi connectivity index (χ0v) is 10.7. The zero-order valence-electron chi connectivity index (χ0n) is 9.84. The topological polar surface area (TPSA) is 57.7 Å². The van der Waals surface area contributed by atoms with Gasteiger partial charge < -0.3 is 4.90 Å². The molecule has 6 heteroatoms. The summed E-state index contributed by atoms with van der Waals surface area (Å²) in [5, 5.41) is 0.981. The molecule has 1 saturated heterocycles. The van der Waals surface area contributed by atoms with Crippen molar-refractivity contribution in [3.05, 3.63) is 12.0 Å². The Kier molecular flexibility index (Phi) is 3.53. The van der Waals surface area contributed by atoms with Gasteiger partial charge in [-0.05, 0) is 12.8 Å². The smallest absolute Gasteiger partial charge is 0.237 e. The Bertz CT molecular complexity index is 414. The molecular formula is C11H18N2O3S. The van der Waals surface area contributed by atoms with Crippen LogP contribution in [-0.2, 0) is 14.6 Å². The van der Waals surface area contributed by atoms with E-state index in [0.717, 1.165) is 31.3 Å². The lowest BCUT2D eigenvalue weighted by atomic mass is 10.3. The fourth-order valence-corrected chi connectivity index (χ4v) is 2.72. The number of piperazine rings is 1. The first-order chi connectivity index (χ1) is 8.02. The summed E-state index contributed by atoms with van der Waals surface area (Å²) in [6, 6.07) is 0.460. The highest BCUT2D eigenvalue weighted by Gasteiger charge is 2.35. The van der Waals surface area contributed by atoms with Gasteiger partial charge in [-0.25, -0.2) is 8.42 Å². The van der Waals surface area contributed by atoms with Gasteiger partial charge in [0.15, 0.2) is 9.84 Å². The van der Waals surface area contributed by atoms with Gasteiger partial charge in [0.1, 0.15) is 0 Å². The van der Waals surface area contributed by atoms with Gasteiger partial charge in [0.2, 0.25) is 5.91 Å². The van der Waals surface area contributed by atoms with E-state index in [0.29, 0.717) is 19.1 Å². The molecule has 0 bridgehead atoms. The van der Waals surface area contributed by atoms with Crippen molar-refractivity contribution in [2.45, 2.75) is 18.9 Å². The van der Waals surface area contributed by atoms with Crippen LogP contribution < -0.4 is 0 Å². The molecule has 0 radical (unpaired) electrons. The third kappa shape index (κ3) is 3.29. The number of hydrogen-bond donors (Lipinski definition) is 0. The average molecular weight is 258 g/mol. The van der Waals surface area contributed by atoms with E-state index < -0.39 is 9.84 Å². The minimum Gasteiger partial charge on any atom is -0.337 e. The Hall–Kier alpha value is -0.880. The molecule has 17 heavy (non-hydrogen) atoms. The molecule has 1 aliphatic carbocycles. The molecule has 1 aliphatic heterocycles. The first-order valence-electron chi connectivity index (χ1n) is 5.89. The third-order valence-corrected chi connectivity index (χ3v) is 4.53. The molecular weight excluding hydrogens is 240 g/mol. The van der Waals surface area contributed by atoms with Crippen LogP contribution >= 0.6 is 0 Å². The molecule has 2 fully saturated rings. The second kappa shape index (κ2) is 4.78. The molecule has 0 aromatic carbocycles. The molecule has 1 heterocycles. The van der Waals surface area contributed by atoms with Crippen LogP contribution in [-0.4, -0.2) is 62.1 Å². The first-order valence-corrected chi connectivity index (χ1v) is 7.60. The van der Waals surface area contributed by atoms with E-state index in [4.69, 9.17) is 0 Å². The van der Waals surface area contributed by atoms with Crippen molar-refractivity contribution in [1.29, 1.82) is 0 Å². The molecule has 0 unspecified atom stereocenters. The second-order valence-electron chi connectivity index (χ2n) is 4.63. The van der Waals surface area contributed by atoms with Crippen LogP contribution in [0.1, 0.15) is 12.8 Å². The molecule has 0 atom stereocenters. The SMILES string of the molecule is C=CS(=O)(=O)CCN1CCN(C2CC2)C(=O)C1. The predicted molar refractivity (Wildman–Crippen MR) is 65.2 cm³/mol. The minimum atomic E-state index is -3.16. The van der Waals surface area contributed by atoms with E-state index in [1.807, 2.05) is 9.80 Å². The van der Waals surface area contributed by atoms with E-state index in [1.165, 1.54) is 0 Å². The number of carbonyl (C=O) groups excluding carboxylic acids is 1. The molecule has 2 rings (SSSR count). The van der Waals surface area contributed by atoms with Crippen molar-refractivity contribution in [2.75, 3.05) is 31.9 Å². The lowest BCUT2D eigenvalue weighted by Crippen LogP contribution is -2.51. The van der Waals surface area contributed by atoms with Crippen molar-refractivity contribution in [3.8, 4) is 0 Å². The van der Waals surface area contributed by atoms with Gasteiger partial charge in [-0.3, -0.25) is 9.69 Å². The summed E-state index contributed by atoms with van der Waals surface area (Å²) in [5.74, 6) is 0.183. The molecule has 96 valence electrons. The van der Waals surface area contributed by atoms with E-state index in [-0.39, 0.29) is 11.7 Å². The van der Waals surface area contributed by atoms with Crippen molar-refractivity contribution >= 4 is 15.7 Å². The Balaban J connectivity index is 1.81. The van der Waals surface area contributed by atoms with Gasteiger partial charge in [-0.15, -0.1) is 0 Å². The summed E-state index contributed by atoms with van der Waals surface area (Å²) in [4.78, 5) is 15.6. The summed E-state index contributed by atoms with van der Waals surface area (Å²) in [7, 11) is -3.16. The monoisotopic (exact) mass is 258 g/mol. The van der Waals surface area contributed by atoms with Crippen molar-refractivity contribution < 1.29 is 13.2 Å². The second-order valence-corrected chi connectivity index (χ2v) is 6.70. The quantitative estimate of drug-likeness (QED) is 0.688. The van der Waals surface area contributed by atoms with Crippen LogP contribution in [0.5, 0.6) is 0 Å². The third-order valence-electron chi connectivity index (χ3n) is 3.27. The fourth-order valence-electron chi connectivity index (χ4n) is 2.04. The highest BCUT2D eigenvalue weighted by molar-refractivity contribution is 7.94. The van der Waals surface area contributed by atoms with E-state index >= 15 is 0 Å². The van der Waals surface area contributed by atoms with Crippen molar-refractivity contribution in [3.63, 3.8) is 0 Å². The van der Waals surface area contributed by atoms with E-state index in [2.05, 4.69) is 6.58 Å². The molecule has 5 nitrogen and oxygen atoms in total. The molecule has 1 amide bonds. The highest BCUT2D eigenvalue weighted by Crippen LogP contribution is 2.27. The molecule has 1 saturated carbocycles. The number of sulfone groups is 1. The van der Waals surface area contributed by atoms with Gasteiger partial charge >= 0.3 is 0 Å². The molecule has 0 aromatic rings. The largest absolute Gasteiger partial charge is 0.337 e. The van der Waals surface area contributed by atoms with Crippen LogP contribution in [0.4, 0.5) is 0 Å². The van der Waals surface area contributed by atoms with Gasteiger partial charge in [-0.2, -0.15) is 0 Å². The lowest BCUT2D eigenvalue weighted by Gasteiger charge is -2.34. The number of nitrogens with zero attached hydrogens (tertiary/aromatic N) is 2. The summed E-state index contributed by atoms with van der Waals surface area (Å²) in [6.45, 7) is 5.55. The first kappa shape index (κ1) is 12.6. The van der Waals surface area contributed by atoms with Crippen molar-refractivity contribution in [1.82, 2.24) is 9.80 Å². The standard InChI is InChI=1S/C11H18N2O3S/c1-2-17(15,16)8-7-12-5-6-13(10-3-4-10)11(14)9-12/h2,10H,1,3-9H2. The van der Waals surface area contributed by atoms with Crippen LogP contribution in [0.25, 0.3) is 0 Å². The normalized spacial score (nSPS) is 22.8.